The van der Waals surface area contributed by atoms with Gasteiger partial charge in [0.2, 0.25) is 5.91 Å². The molecule has 2 N–H and O–H groups in total. The molecular formula is C14H17NO4. The molecule has 1 amide bonds. The lowest BCUT2D eigenvalue weighted by atomic mass is 10.1. The predicted octanol–water partition coefficient (Wildman–Crippen LogP) is 1.82. The van der Waals surface area contributed by atoms with Crippen molar-refractivity contribution in [2.24, 2.45) is 0 Å². The molecule has 5 heteroatoms. The number of hydrogen-bond donors (Lipinski definition) is 2. The molecule has 1 unspecified atom stereocenters. The van der Waals surface area contributed by atoms with Gasteiger partial charge >= 0.3 is 5.97 Å². The van der Waals surface area contributed by atoms with Gasteiger partial charge in [-0.3, -0.25) is 9.59 Å². The first-order chi connectivity index (χ1) is 9.15. The molecule has 1 aliphatic heterocycles. The topological polar surface area (TPSA) is 75.6 Å². The molecule has 0 aromatic heterocycles. The summed E-state index contributed by atoms with van der Waals surface area (Å²) in [6.07, 6.45) is 2.11. The highest BCUT2D eigenvalue weighted by Gasteiger charge is 2.19. The first kappa shape index (κ1) is 13.5. The maximum atomic E-state index is 11.9. The van der Waals surface area contributed by atoms with Crippen molar-refractivity contribution < 1.29 is 19.4 Å². The summed E-state index contributed by atoms with van der Waals surface area (Å²) in [5.41, 5.74) is 1.17. The highest BCUT2D eigenvalue weighted by Crippen LogP contribution is 2.19. The third kappa shape index (κ3) is 4.06. The van der Waals surface area contributed by atoms with E-state index in [0.29, 0.717) is 24.3 Å². The smallest absolute Gasteiger partial charge is 0.307 e. The van der Waals surface area contributed by atoms with E-state index in [2.05, 4.69) is 5.32 Å². The lowest BCUT2D eigenvalue weighted by Gasteiger charge is -2.12. The fourth-order valence-electron chi connectivity index (χ4n) is 2.17. The maximum absolute atomic E-state index is 11.9. The van der Waals surface area contributed by atoms with Gasteiger partial charge in [-0.2, -0.15) is 0 Å². The average molecular weight is 263 g/mol. The van der Waals surface area contributed by atoms with Crippen LogP contribution in [0.5, 0.6) is 0 Å². The van der Waals surface area contributed by atoms with Crippen LogP contribution in [0.1, 0.15) is 24.8 Å². The normalized spacial score (nSPS) is 18.2. The number of carbonyl (C=O) groups is 2. The second kappa shape index (κ2) is 6.33. The Morgan fingerprint density at radius 1 is 1.37 bits per heavy atom. The lowest BCUT2D eigenvalue weighted by Crippen LogP contribution is -2.20. The van der Waals surface area contributed by atoms with Crippen LogP contribution < -0.4 is 5.32 Å². The van der Waals surface area contributed by atoms with Crippen LogP contribution in [0.4, 0.5) is 5.69 Å². The number of para-hydroxylation sites is 1. The molecule has 1 aliphatic rings. The summed E-state index contributed by atoms with van der Waals surface area (Å²) in [6, 6.07) is 6.95. The number of ether oxygens (including phenoxy) is 1. The number of anilines is 1. The molecule has 1 heterocycles. The van der Waals surface area contributed by atoms with Gasteiger partial charge in [-0.15, -0.1) is 0 Å². The van der Waals surface area contributed by atoms with Gasteiger partial charge in [-0.25, -0.2) is 0 Å². The summed E-state index contributed by atoms with van der Waals surface area (Å²) >= 11 is 0. The number of carboxylic acid groups (broad SMARTS) is 1. The number of carboxylic acids is 1. The molecule has 1 fully saturated rings. The summed E-state index contributed by atoms with van der Waals surface area (Å²) in [5.74, 6) is -1.05. The summed E-state index contributed by atoms with van der Waals surface area (Å²) < 4.78 is 5.40. The minimum atomic E-state index is -0.916. The monoisotopic (exact) mass is 263 g/mol. The number of aliphatic carboxylic acids is 1. The Bertz CT molecular complexity index is 466. The van der Waals surface area contributed by atoms with Gasteiger partial charge in [0.1, 0.15) is 0 Å². The highest BCUT2D eigenvalue weighted by atomic mass is 16.5. The number of carbonyl (C=O) groups excluding carboxylic acids is 1. The standard InChI is InChI=1S/C14H17NO4/c16-13(9-11-5-3-7-19-11)15-12-6-2-1-4-10(12)8-14(17)18/h1-2,4,6,11H,3,5,7-9H2,(H,15,16)(H,17,18). The molecule has 2 rings (SSSR count). The zero-order valence-corrected chi connectivity index (χ0v) is 10.6. The van der Waals surface area contributed by atoms with Gasteiger partial charge in [0.25, 0.3) is 0 Å². The van der Waals surface area contributed by atoms with E-state index in [4.69, 9.17) is 9.84 Å². The summed E-state index contributed by atoms with van der Waals surface area (Å²) in [5, 5.41) is 11.6. The van der Waals surface area contributed by atoms with Crippen LogP contribution in [0.25, 0.3) is 0 Å². The second-order valence-electron chi connectivity index (χ2n) is 4.61. The largest absolute Gasteiger partial charge is 0.481 e. The van der Waals surface area contributed by atoms with E-state index in [0.717, 1.165) is 12.8 Å². The van der Waals surface area contributed by atoms with Crippen LogP contribution in [-0.2, 0) is 20.7 Å². The third-order valence-electron chi connectivity index (χ3n) is 3.07. The fourth-order valence-corrected chi connectivity index (χ4v) is 2.17. The first-order valence-electron chi connectivity index (χ1n) is 6.36. The number of rotatable bonds is 5. The van der Waals surface area contributed by atoms with E-state index in [1.165, 1.54) is 0 Å². The minimum Gasteiger partial charge on any atom is -0.481 e. The number of nitrogens with one attached hydrogen (secondary N) is 1. The van der Waals surface area contributed by atoms with Crippen LogP contribution in [0.3, 0.4) is 0 Å². The molecule has 102 valence electrons. The van der Waals surface area contributed by atoms with Crippen LogP contribution >= 0.6 is 0 Å². The van der Waals surface area contributed by atoms with Crippen molar-refractivity contribution in [3.05, 3.63) is 29.8 Å². The Kier molecular flexibility index (Phi) is 4.52. The van der Waals surface area contributed by atoms with Crippen molar-refractivity contribution in [2.75, 3.05) is 11.9 Å². The van der Waals surface area contributed by atoms with Crippen molar-refractivity contribution in [3.63, 3.8) is 0 Å². The molecule has 0 aliphatic carbocycles. The summed E-state index contributed by atoms with van der Waals surface area (Å²) in [6.45, 7) is 0.716. The Balaban J connectivity index is 1.97. The van der Waals surface area contributed by atoms with Gasteiger partial charge < -0.3 is 15.2 Å². The lowest BCUT2D eigenvalue weighted by molar-refractivity contribution is -0.136. The maximum Gasteiger partial charge on any atom is 0.307 e. The molecule has 1 aromatic carbocycles. The van der Waals surface area contributed by atoms with Crippen molar-refractivity contribution in [2.45, 2.75) is 31.8 Å². The minimum absolute atomic E-state index is 0.00774. The molecule has 1 saturated heterocycles. The molecule has 1 aromatic rings. The van der Waals surface area contributed by atoms with Gasteiger partial charge in [0.05, 0.1) is 18.9 Å². The Morgan fingerprint density at radius 2 is 2.16 bits per heavy atom. The van der Waals surface area contributed by atoms with Gasteiger partial charge in [0.15, 0.2) is 0 Å². The molecule has 5 nitrogen and oxygen atoms in total. The van der Waals surface area contributed by atoms with E-state index in [9.17, 15) is 9.59 Å². The quantitative estimate of drug-likeness (QED) is 0.849. The fraction of sp³-hybridized carbons (Fsp3) is 0.429. The van der Waals surface area contributed by atoms with Crippen molar-refractivity contribution in [1.29, 1.82) is 0 Å². The van der Waals surface area contributed by atoms with Crippen molar-refractivity contribution in [1.82, 2.24) is 0 Å². The number of amides is 1. The molecular weight excluding hydrogens is 246 g/mol. The molecule has 19 heavy (non-hydrogen) atoms. The van der Waals surface area contributed by atoms with Crippen LogP contribution in [0.15, 0.2) is 24.3 Å². The van der Waals surface area contributed by atoms with E-state index < -0.39 is 5.97 Å². The van der Waals surface area contributed by atoms with Gasteiger partial charge in [0, 0.05) is 12.3 Å². The van der Waals surface area contributed by atoms with Gasteiger partial charge in [-0.1, -0.05) is 18.2 Å². The van der Waals surface area contributed by atoms with Crippen LogP contribution in [0, 0.1) is 0 Å². The molecule has 0 bridgehead atoms. The van der Waals surface area contributed by atoms with Crippen LogP contribution in [0.2, 0.25) is 0 Å². The van der Waals surface area contributed by atoms with E-state index >= 15 is 0 Å². The SMILES string of the molecule is O=C(O)Cc1ccccc1NC(=O)CC1CCCO1. The molecule has 0 radical (unpaired) electrons. The number of benzene rings is 1. The first-order valence-corrected chi connectivity index (χ1v) is 6.36. The Morgan fingerprint density at radius 3 is 2.84 bits per heavy atom. The zero-order valence-electron chi connectivity index (χ0n) is 10.6. The highest BCUT2D eigenvalue weighted by molar-refractivity contribution is 5.92. The Labute approximate surface area is 111 Å². The third-order valence-corrected chi connectivity index (χ3v) is 3.07. The van der Waals surface area contributed by atoms with E-state index in [1.54, 1.807) is 24.3 Å². The second-order valence-corrected chi connectivity index (χ2v) is 4.61. The van der Waals surface area contributed by atoms with Gasteiger partial charge in [-0.05, 0) is 24.5 Å². The summed E-state index contributed by atoms with van der Waals surface area (Å²) in [7, 11) is 0. The zero-order chi connectivity index (χ0) is 13.7. The van der Waals surface area contributed by atoms with Crippen molar-refractivity contribution >= 4 is 17.6 Å². The number of hydrogen-bond acceptors (Lipinski definition) is 3. The molecule has 0 spiro atoms. The molecule has 0 saturated carbocycles. The van der Waals surface area contributed by atoms with E-state index in [-0.39, 0.29) is 18.4 Å². The van der Waals surface area contributed by atoms with E-state index in [1.807, 2.05) is 0 Å². The van der Waals surface area contributed by atoms with Crippen molar-refractivity contribution in [3.8, 4) is 0 Å². The average Bonchev–Trinajstić information content (AvgIpc) is 2.83. The van der Waals surface area contributed by atoms with Crippen LogP contribution in [-0.4, -0.2) is 29.7 Å². The Hall–Kier alpha value is -1.88. The predicted molar refractivity (Wildman–Crippen MR) is 70.0 cm³/mol. The molecule has 1 atom stereocenters. The summed E-state index contributed by atoms with van der Waals surface area (Å²) in [4.78, 5) is 22.6.